The van der Waals surface area contributed by atoms with Crippen LogP contribution >= 0.6 is 0 Å². The molecule has 1 atom stereocenters. The first-order valence-corrected chi connectivity index (χ1v) is 14.6. The van der Waals surface area contributed by atoms with E-state index >= 15 is 0 Å². The molecule has 0 aromatic heterocycles. The number of hydrogen-bond acceptors (Lipinski definition) is 5. The quantitative estimate of drug-likeness (QED) is 0.206. The molecule has 0 saturated carbocycles. The third kappa shape index (κ3) is 9.85. The van der Waals surface area contributed by atoms with Crippen LogP contribution in [0.3, 0.4) is 0 Å². The smallest absolute Gasteiger partial charge is 0.243 e. The zero-order valence-corrected chi connectivity index (χ0v) is 24.9. The summed E-state index contributed by atoms with van der Waals surface area (Å²) in [6.07, 6.45) is 3.04. The molecular weight excluding hydrogens is 516 g/mol. The van der Waals surface area contributed by atoms with Gasteiger partial charge in [0.15, 0.2) is 11.5 Å². The molecule has 0 aliphatic heterocycles. The summed E-state index contributed by atoms with van der Waals surface area (Å²) < 4.78 is 16.9. The van der Waals surface area contributed by atoms with Gasteiger partial charge in [0.1, 0.15) is 11.8 Å². The van der Waals surface area contributed by atoms with Crippen LogP contribution in [-0.4, -0.2) is 49.6 Å². The van der Waals surface area contributed by atoms with Crippen LogP contribution in [0.1, 0.15) is 56.7 Å². The van der Waals surface area contributed by atoms with Gasteiger partial charge >= 0.3 is 0 Å². The molecule has 220 valence electrons. The topological polar surface area (TPSA) is 77.1 Å². The molecule has 0 heterocycles. The zero-order chi connectivity index (χ0) is 29.5. The number of rotatable bonds is 17. The van der Waals surface area contributed by atoms with Crippen LogP contribution in [0, 0.1) is 0 Å². The van der Waals surface area contributed by atoms with Gasteiger partial charge in [-0.3, -0.25) is 9.59 Å². The number of benzene rings is 3. The van der Waals surface area contributed by atoms with Crippen LogP contribution in [0.5, 0.6) is 17.2 Å². The molecule has 0 bridgehead atoms. The molecule has 0 aliphatic carbocycles. The lowest BCUT2D eigenvalue weighted by Gasteiger charge is -2.32. The maximum atomic E-state index is 14.0. The summed E-state index contributed by atoms with van der Waals surface area (Å²) in [5.41, 5.74) is 2.87. The Bertz CT molecular complexity index is 1230. The SMILES string of the molecule is CCCCNC(=O)C(Cc1ccccc1)N(Cc1cccc(OC)c1)C(=O)CCc1ccc(OCC)c(OCC)c1. The maximum absolute atomic E-state index is 14.0. The van der Waals surface area contributed by atoms with Crippen molar-refractivity contribution < 1.29 is 23.8 Å². The van der Waals surface area contributed by atoms with E-state index in [1.807, 2.05) is 86.6 Å². The molecule has 3 aromatic carbocycles. The van der Waals surface area contributed by atoms with Crippen molar-refractivity contribution in [2.45, 2.75) is 65.5 Å². The lowest BCUT2D eigenvalue weighted by molar-refractivity contribution is -0.141. The van der Waals surface area contributed by atoms with Gasteiger partial charge in [0.05, 0.1) is 20.3 Å². The van der Waals surface area contributed by atoms with Crippen LogP contribution in [-0.2, 0) is 29.0 Å². The van der Waals surface area contributed by atoms with Gasteiger partial charge in [-0.1, -0.05) is 61.9 Å². The third-order valence-electron chi connectivity index (χ3n) is 6.82. The molecule has 0 saturated heterocycles. The second-order valence-corrected chi connectivity index (χ2v) is 9.87. The lowest BCUT2D eigenvalue weighted by Crippen LogP contribution is -2.50. The number of nitrogens with zero attached hydrogens (tertiary/aromatic N) is 1. The summed E-state index contributed by atoms with van der Waals surface area (Å²) in [6.45, 7) is 7.89. The molecule has 3 aromatic rings. The highest BCUT2D eigenvalue weighted by atomic mass is 16.5. The molecule has 0 radical (unpaired) electrons. The number of methoxy groups -OCH3 is 1. The predicted molar refractivity (Wildman–Crippen MR) is 162 cm³/mol. The molecule has 1 N–H and O–H groups in total. The third-order valence-corrected chi connectivity index (χ3v) is 6.82. The molecule has 1 unspecified atom stereocenters. The van der Waals surface area contributed by atoms with E-state index in [0.717, 1.165) is 29.5 Å². The minimum Gasteiger partial charge on any atom is -0.497 e. The fourth-order valence-corrected chi connectivity index (χ4v) is 4.67. The Kier molecular flexibility index (Phi) is 13.0. The first-order valence-electron chi connectivity index (χ1n) is 14.6. The van der Waals surface area contributed by atoms with Crippen molar-refractivity contribution in [3.63, 3.8) is 0 Å². The fraction of sp³-hybridized carbons (Fsp3) is 0.412. The molecule has 0 aliphatic rings. The van der Waals surface area contributed by atoms with E-state index in [2.05, 4.69) is 12.2 Å². The number of amides is 2. The number of unbranched alkanes of at least 4 members (excludes halogenated alkanes) is 1. The monoisotopic (exact) mass is 560 g/mol. The average Bonchev–Trinajstić information content (AvgIpc) is 2.99. The first-order chi connectivity index (χ1) is 20.0. The van der Waals surface area contributed by atoms with Gasteiger partial charge in [0.25, 0.3) is 0 Å². The second-order valence-electron chi connectivity index (χ2n) is 9.87. The fourth-order valence-electron chi connectivity index (χ4n) is 4.67. The largest absolute Gasteiger partial charge is 0.497 e. The molecule has 0 spiro atoms. The highest BCUT2D eigenvalue weighted by molar-refractivity contribution is 5.88. The first kappa shape index (κ1) is 31.5. The Hall–Kier alpha value is -4.00. The normalized spacial score (nSPS) is 11.4. The minimum absolute atomic E-state index is 0.0914. The average molecular weight is 561 g/mol. The van der Waals surface area contributed by atoms with Gasteiger partial charge in [-0.25, -0.2) is 0 Å². The van der Waals surface area contributed by atoms with Crippen molar-refractivity contribution in [1.82, 2.24) is 10.2 Å². The van der Waals surface area contributed by atoms with Crippen molar-refractivity contribution in [3.8, 4) is 17.2 Å². The summed E-state index contributed by atoms with van der Waals surface area (Å²) >= 11 is 0. The van der Waals surface area contributed by atoms with Gasteiger partial charge in [-0.15, -0.1) is 0 Å². The molecular formula is C34H44N2O5. The Morgan fingerprint density at radius 3 is 2.27 bits per heavy atom. The number of carbonyl (C=O) groups is 2. The standard InChI is InChI=1S/C34H44N2O5/c1-5-8-21-35-34(38)30(23-26-13-10-9-11-14-26)36(25-28-15-12-16-29(22-28)39-4)33(37)20-18-27-17-19-31(40-6-2)32(24-27)41-7-3/h9-17,19,22,24,30H,5-8,18,20-21,23,25H2,1-4H3,(H,35,38). The molecule has 0 fully saturated rings. The number of hydrogen-bond donors (Lipinski definition) is 1. The highest BCUT2D eigenvalue weighted by Crippen LogP contribution is 2.29. The predicted octanol–water partition coefficient (Wildman–Crippen LogP) is 5.98. The van der Waals surface area contributed by atoms with Gasteiger partial charge in [-0.2, -0.15) is 0 Å². The minimum atomic E-state index is -0.660. The van der Waals surface area contributed by atoms with Crippen molar-refractivity contribution in [3.05, 3.63) is 89.5 Å². The van der Waals surface area contributed by atoms with E-state index in [0.29, 0.717) is 56.4 Å². The maximum Gasteiger partial charge on any atom is 0.243 e. The molecule has 7 nitrogen and oxygen atoms in total. The molecule has 3 rings (SSSR count). The summed E-state index contributed by atoms with van der Waals surface area (Å²) in [6, 6.07) is 22.6. The van der Waals surface area contributed by atoms with E-state index < -0.39 is 6.04 Å². The van der Waals surface area contributed by atoms with Gasteiger partial charge < -0.3 is 24.4 Å². The molecule has 2 amide bonds. The molecule has 7 heteroatoms. The second kappa shape index (κ2) is 17.0. The van der Waals surface area contributed by atoms with Crippen LogP contribution < -0.4 is 19.5 Å². The van der Waals surface area contributed by atoms with Crippen LogP contribution in [0.15, 0.2) is 72.8 Å². The summed E-state index contributed by atoms with van der Waals surface area (Å²) in [4.78, 5) is 29.3. The van der Waals surface area contributed by atoms with Crippen LogP contribution in [0.2, 0.25) is 0 Å². The van der Waals surface area contributed by atoms with E-state index in [1.165, 1.54) is 0 Å². The van der Waals surface area contributed by atoms with Crippen molar-refractivity contribution >= 4 is 11.8 Å². The van der Waals surface area contributed by atoms with E-state index in [-0.39, 0.29) is 18.2 Å². The Labute approximate surface area is 244 Å². The van der Waals surface area contributed by atoms with E-state index in [4.69, 9.17) is 14.2 Å². The van der Waals surface area contributed by atoms with Gasteiger partial charge in [-0.05, 0) is 67.6 Å². The van der Waals surface area contributed by atoms with Crippen molar-refractivity contribution in [1.29, 1.82) is 0 Å². The Morgan fingerprint density at radius 2 is 1.56 bits per heavy atom. The van der Waals surface area contributed by atoms with Crippen LogP contribution in [0.4, 0.5) is 0 Å². The van der Waals surface area contributed by atoms with Crippen molar-refractivity contribution in [2.75, 3.05) is 26.9 Å². The summed E-state index contributed by atoms with van der Waals surface area (Å²) in [7, 11) is 1.62. The highest BCUT2D eigenvalue weighted by Gasteiger charge is 2.30. The van der Waals surface area contributed by atoms with Crippen LogP contribution in [0.25, 0.3) is 0 Å². The Balaban J connectivity index is 1.90. The van der Waals surface area contributed by atoms with Crippen molar-refractivity contribution in [2.24, 2.45) is 0 Å². The number of ether oxygens (including phenoxy) is 3. The number of aryl methyl sites for hydroxylation is 1. The van der Waals surface area contributed by atoms with E-state index in [1.54, 1.807) is 12.0 Å². The zero-order valence-electron chi connectivity index (χ0n) is 24.9. The summed E-state index contributed by atoms with van der Waals surface area (Å²) in [5, 5.41) is 3.07. The molecule has 41 heavy (non-hydrogen) atoms. The number of nitrogens with one attached hydrogen (secondary N) is 1. The lowest BCUT2D eigenvalue weighted by atomic mass is 10.0. The van der Waals surface area contributed by atoms with Gasteiger partial charge in [0.2, 0.25) is 11.8 Å². The Morgan fingerprint density at radius 1 is 0.829 bits per heavy atom. The number of carbonyl (C=O) groups excluding carboxylic acids is 2. The summed E-state index contributed by atoms with van der Waals surface area (Å²) in [5.74, 6) is 1.84. The van der Waals surface area contributed by atoms with E-state index in [9.17, 15) is 9.59 Å². The van der Waals surface area contributed by atoms with Gasteiger partial charge in [0, 0.05) is 25.9 Å².